The van der Waals surface area contributed by atoms with Gasteiger partial charge in [0.25, 0.3) is 5.22 Å². The minimum absolute atomic E-state index is 0.0771. The number of fused-ring (bicyclic) bond motifs is 2. The second-order valence-corrected chi connectivity index (χ2v) is 8.54. The number of hydrogen-bond donors (Lipinski definition) is 0. The first-order chi connectivity index (χ1) is 15.4. The van der Waals surface area contributed by atoms with Crippen LogP contribution < -0.4 is 0 Å². The zero-order valence-electron chi connectivity index (χ0n) is 16.7. The van der Waals surface area contributed by atoms with Crippen LogP contribution in [0.2, 0.25) is 0 Å². The summed E-state index contributed by atoms with van der Waals surface area (Å²) in [7, 11) is 0. The van der Waals surface area contributed by atoms with E-state index in [2.05, 4.69) is 15.2 Å². The van der Waals surface area contributed by atoms with Crippen LogP contribution in [0.15, 0.2) is 52.2 Å². The molecule has 3 aromatic heterocycles. The third-order valence-corrected chi connectivity index (χ3v) is 6.30. The van der Waals surface area contributed by atoms with Gasteiger partial charge >= 0.3 is 6.18 Å². The van der Waals surface area contributed by atoms with Gasteiger partial charge in [-0.15, -0.1) is 10.2 Å². The molecule has 0 bridgehead atoms. The average molecular weight is 461 g/mol. The molecule has 0 spiro atoms. The Kier molecular flexibility index (Phi) is 5.28. The maximum Gasteiger partial charge on any atom is 0.417 e. The summed E-state index contributed by atoms with van der Waals surface area (Å²) in [6.07, 6.45) is -1.97. The first-order valence-electron chi connectivity index (χ1n) is 10.1. The molecule has 1 unspecified atom stereocenters. The number of rotatable bonds is 4. The van der Waals surface area contributed by atoms with E-state index in [0.29, 0.717) is 35.4 Å². The van der Waals surface area contributed by atoms with Crippen LogP contribution in [0.3, 0.4) is 0 Å². The number of halogens is 3. The molecule has 4 heterocycles. The zero-order valence-corrected chi connectivity index (χ0v) is 17.6. The minimum atomic E-state index is -4.45. The van der Waals surface area contributed by atoms with Crippen molar-refractivity contribution in [2.24, 2.45) is 0 Å². The normalized spacial score (nSPS) is 17.3. The van der Waals surface area contributed by atoms with Gasteiger partial charge in [0.15, 0.2) is 11.2 Å². The van der Waals surface area contributed by atoms with Crippen molar-refractivity contribution in [2.75, 3.05) is 18.8 Å². The summed E-state index contributed by atoms with van der Waals surface area (Å²) >= 11 is 1.23. The summed E-state index contributed by atoms with van der Waals surface area (Å²) in [6.45, 7) is 0.970. The van der Waals surface area contributed by atoms with Crippen molar-refractivity contribution in [2.45, 2.75) is 30.2 Å². The standard InChI is InChI=1S/C21H18F3N5O2S/c22-21(23,24)14-7-8-17-26-27-19(29(17)11-14)13-4-3-9-28(10-13)18(30)12-32-20-25-15-5-1-2-6-16(15)31-20/h1-2,5-8,11,13H,3-4,9-10,12H2. The molecule has 1 amide bonds. The molecule has 0 radical (unpaired) electrons. The van der Waals surface area contributed by atoms with Gasteiger partial charge in [0.1, 0.15) is 11.3 Å². The fourth-order valence-corrected chi connectivity index (χ4v) is 4.64. The number of alkyl halides is 3. The van der Waals surface area contributed by atoms with E-state index in [1.54, 1.807) is 4.90 Å². The predicted octanol–water partition coefficient (Wildman–Crippen LogP) is 4.39. The molecule has 11 heteroatoms. The first kappa shape index (κ1) is 20.8. The number of benzene rings is 1. The molecular weight excluding hydrogens is 443 g/mol. The third kappa shape index (κ3) is 4.04. The number of amides is 1. The second kappa shape index (κ2) is 8.12. The Balaban J connectivity index is 1.29. The van der Waals surface area contributed by atoms with E-state index in [-0.39, 0.29) is 17.6 Å². The molecule has 1 aliphatic rings. The van der Waals surface area contributed by atoms with Crippen molar-refractivity contribution in [3.63, 3.8) is 0 Å². The number of para-hydroxylation sites is 2. The molecule has 1 fully saturated rings. The van der Waals surface area contributed by atoms with Crippen molar-refractivity contribution in [3.8, 4) is 0 Å². The van der Waals surface area contributed by atoms with Gasteiger partial charge in [-0.3, -0.25) is 9.20 Å². The van der Waals surface area contributed by atoms with Gasteiger partial charge in [-0.05, 0) is 37.1 Å². The molecule has 1 aliphatic heterocycles. The van der Waals surface area contributed by atoms with Crippen LogP contribution in [0.5, 0.6) is 0 Å². The van der Waals surface area contributed by atoms with Crippen molar-refractivity contribution >= 4 is 34.4 Å². The van der Waals surface area contributed by atoms with Gasteiger partial charge in [-0.2, -0.15) is 13.2 Å². The Labute approximate surface area is 184 Å². The van der Waals surface area contributed by atoms with Crippen LogP contribution in [0.25, 0.3) is 16.7 Å². The minimum Gasteiger partial charge on any atom is -0.431 e. The molecule has 166 valence electrons. The summed E-state index contributed by atoms with van der Waals surface area (Å²) in [5.74, 6) is 0.334. The molecule has 32 heavy (non-hydrogen) atoms. The molecule has 1 saturated heterocycles. The Morgan fingerprint density at radius 3 is 2.84 bits per heavy atom. The van der Waals surface area contributed by atoms with E-state index in [1.807, 2.05) is 24.3 Å². The SMILES string of the molecule is O=C(CSc1nc2ccccc2o1)N1CCCC(c2nnc3ccc(C(F)(F)F)cn23)C1. The molecule has 0 aliphatic carbocycles. The number of hydrogen-bond acceptors (Lipinski definition) is 6. The lowest BCUT2D eigenvalue weighted by atomic mass is 9.97. The van der Waals surface area contributed by atoms with Crippen molar-refractivity contribution in [3.05, 3.63) is 54.0 Å². The summed E-state index contributed by atoms with van der Waals surface area (Å²) in [5.41, 5.74) is 0.988. The van der Waals surface area contributed by atoms with Crippen LogP contribution in [-0.2, 0) is 11.0 Å². The lowest BCUT2D eigenvalue weighted by Crippen LogP contribution is -2.40. The molecule has 0 saturated carbocycles. The van der Waals surface area contributed by atoms with Crippen molar-refractivity contribution < 1.29 is 22.4 Å². The van der Waals surface area contributed by atoms with E-state index in [4.69, 9.17) is 4.42 Å². The molecule has 7 nitrogen and oxygen atoms in total. The van der Waals surface area contributed by atoms with E-state index >= 15 is 0 Å². The number of oxazole rings is 1. The van der Waals surface area contributed by atoms with Gasteiger partial charge in [-0.25, -0.2) is 4.98 Å². The highest BCUT2D eigenvalue weighted by Crippen LogP contribution is 2.32. The number of pyridine rings is 1. The number of piperidine rings is 1. The van der Waals surface area contributed by atoms with Crippen LogP contribution in [0.4, 0.5) is 13.2 Å². The summed E-state index contributed by atoms with van der Waals surface area (Å²) in [4.78, 5) is 18.9. The first-order valence-corrected chi connectivity index (χ1v) is 11.0. The van der Waals surface area contributed by atoms with Crippen LogP contribution in [0.1, 0.15) is 30.1 Å². The number of aromatic nitrogens is 4. The molecular formula is C21H18F3N5O2S. The lowest BCUT2D eigenvalue weighted by Gasteiger charge is -2.31. The maximum absolute atomic E-state index is 13.1. The summed E-state index contributed by atoms with van der Waals surface area (Å²) in [6, 6.07) is 9.68. The number of carbonyl (C=O) groups excluding carboxylic acids is 1. The number of carbonyl (C=O) groups is 1. The highest BCUT2D eigenvalue weighted by molar-refractivity contribution is 7.99. The van der Waals surface area contributed by atoms with Crippen LogP contribution >= 0.6 is 11.8 Å². The predicted molar refractivity (Wildman–Crippen MR) is 111 cm³/mol. The smallest absolute Gasteiger partial charge is 0.417 e. The Bertz CT molecular complexity index is 1250. The van der Waals surface area contributed by atoms with Gasteiger partial charge in [0.05, 0.1) is 11.3 Å². The molecule has 0 N–H and O–H groups in total. The molecule has 5 rings (SSSR count). The Morgan fingerprint density at radius 1 is 1.19 bits per heavy atom. The maximum atomic E-state index is 13.1. The monoisotopic (exact) mass is 461 g/mol. The number of likely N-dealkylation sites (tertiary alicyclic amines) is 1. The molecule has 1 atom stereocenters. The third-order valence-electron chi connectivity index (χ3n) is 5.49. The highest BCUT2D eigenvalue weighted by atomic mass is 32.2. The molecule has 4 aromatic rings. The number of nitrogens with zero attached hydrogens (tertiary/aromatic N) is 5. The lowest BCUT2D eigenvalue weighted by molar-refractivity contribution is -0.137. The Morgan fingerprint density at radius 2 is 2.03 bits per heavy atom. The second-order valence-electron chi connectivity index (χ2n) is 7.62. The van der Waals surface area contributed by atoms with Gasteiger partial charge < -0.3 is 9.32 Å². The van der Waals surface area contributed by atoms with Crippen molar-refractivity contribution in [1.29, 1.82) is 0 Å². The largest absolute Gasteiger partial charge is 0.431 e. The van der Waals surface area contributed by atoms with Crippen LogP contribution in [0, 0.1) is 0 Å². The molecule has 1 aromatic carbocycles. The van der Waals surface area contributed by atoms with E-state index < -0.39 is 11.7 Å². The van der Waals surface area contributed by atoms with E-state index in [1.165, 1.54) is 22.2 Å². The van der Waals surface area contributed by atoms with Crippen LogP contribution in [-0.4, -0.2) is 49.2 Å². The quantitative estimate of drug-likeness (QED) is 0.420. The van der Waals surface area contributed by atoms with Crippen molar-refractivity contribution in [1.82, 2.24) is 24.5 Å². The fraction of sp³-hybridized carbons (Fsp3) is 0.333. The topological polar surface area (TPSA) is 76.5 Å². The van der Waals surface area contributed by atoms with E-state index in [0.717, 1.165) is 30.6 Å². The number of thioether (sulfide) groups is 1. The summed E-state index contributed by atoms with van der Waals surface area (Å²) in [5, 5.41) is 8.56. The zero-order chi connectivity index (χ0) is 22.3. The highest BCUT2D eigenvalue weighted by Gasteiger charge is 2.32. The Hall–Kier alpha value is -3.08. The fourth-order valence-electron chi connectivity index (χ4n) is 3.90. The average Bonchev–Trinajstić information content (AvgIpc) is 3.40. The summed E-state index contributed by atoms with van der Waals surface area (Å²) < 4.78 is 46.4. The van der Waals surface area contributed by atoms with Gasteiger partial charge in [0, 0.05) is 25.2 Å². The van der Waals surface area contributed by atoms with Gasteiger partial charge in [-0.1, -0.05) is 23.9 Å². The van der Waals surface area contributed by atoms with Gasteiger partial charge in [0.2, 0.25) is 5.91 Å². The van der Waals surface area contributed by atoms with E-state index in [9.17, 15) is 18.0 Å².